The summed E-state index contributed by atoms with van der Waals surface area (Å²) in [5.41, 5.74) is 5.30. The third kappa shape index (κ3) is 6.39. The van der Waals surface area contributed by atoms with Crippen molar-refractivity contribution in [1.82, 2.24) is 5.32 Å². The smallest absolute Gasteiger partial charge is 0.261 e. The van der Waals surface area contributed by atoms with Gasteiger partial charge in [-0.1, -0.05) is 25.2 Å². The fraction of sp³-hybridized carbons (Fsp3) is 0.500. The lowest BCUT2D eigenvalue weighted by molar-refractivity contribution is 0.0916. The molecule has 1 amide bonds. The van der Waals surface area contributed by atoms with Crippen LogP contribution in [0, 0.1) is 11.8 Å². The van der Waals surface area contributed by atoms with Crippen LogP contribution in [0.15, 0.2) is 12.1 Å². The average molecular weight is 280 g/mol. The van der Waals surface area contributed by atoms with E-state index in [4.69, 9.17) is 10.5 Å². The molecule has 104 valence electrons. The molecule has 0 atom stereocenters. The van der Waals surface area contributed by atoms with Gasteiger partial charge in [0.2, 0.25) is 0 Å². The Morgan fingerprint density at radius 2 is 2.32 bits per heavy atom. The number of carbonyl (C=O) groups excluding carboxylic acids is 1. The summed E-state index contributed by atoms with van der Waals surface area (Å²) < 4.78 is 5.37. The maximum Gasteiger partial charge on any atom is 0.261 e. The van der Waals surface area contributed by atoms with Crippen molar-refractivity contribution < 1.29 is 9.53 Å². The summed E-state index contributed by atoms with van der Waals surface area (Å²) in [5.74, 6) is 5.60. The standard InChI is InChI=1S/C14H20N2O2S/c1-2-3-10-18-11-9-16-14(17)13-7-6-12(19-13)5-4-8-15/h6-7H,2-3,8-11,15H2,1H3,(H,16,17). The summed E-state index contributed by atoms with van der Waals surface area (Å²) in [4.78, 5) is 13.3. The molecule has 0 unspecified atom stereocenters. The molecule has 0 aliphatic carbocycles. The summed E-state index contributed by atoms with van der Waals surface area (Å²) in [7, 11) is 0. The predicted molar refractivity (Wildman–Crippen MR) is 78.3 cm³/mol. The Hall–Kier alpha value is -1.35. The molecule has 0 aromatic carbocycles. The van der Waals surface area contributed by atoms with Gasteiger partial charge in [-0.3, -0.25) is 4.79 Å². The van der Waals surface area contributed by atoms with E-state index in [0.717, 1.165) is 24.3 Å². The number of nitrogens with one attached hydrogen (secondary N) is 1. The van der Waals surface area contributed by atoms with Gasteiger partial charge in [-0.2, -0.15) is 0 Å². The van der Waals surface area contributed by atoms with Crippen molar-refractivity contribution in [2.75, 3.05) is 26.3 Å². The molecule has 1 aromatic rings. The lowest BCUT2D eigenvalue weighted by atomic mass is 10.4. The van der Waals surface area contributed by atoms with Crippen LogP contribution >= 0.6 is 11.3 Å². The Morgan fingerprint density at radius 1 is 1.47 bits per heavy atom. The Labute approximate surface area is 118 Å². The highest BCUT2D eigenvalue weighted by atomic mass is 32.1. The van der Waals surface area contributed by atoms with E-state index in [1.807, 2.05) is 6.07 Å². The SMILES string of the molecule is CCCCOCCNC(=O)c1ccc(C#CCN)s1. The molecular weight excluding hydrogens is 260 g/mol. The fourth-order valence-corrected chi connectivity index (χ4v) is 2.13. The third-order valence-electron chi connectivity index (χ3n) is 2.32. The van der Waals surface area contributed by atoms with Crippen molar-refractivity contribution in [3.8, 4) is 11.8 Å². The van der Waals surface area contributed by atoms with Gasteiger partial charge in [0.05, 0.1) is 22.9 Å². The number of thiophene rings is 1. The Bertz CT molecular complexity index is 446. The second-order valence-corrected chi connectivity index (χ2v) is 4.98. The molecule has 1 heterocycles. The van der Waals surface area contributed by atoms with Crippen LogP contribution in [-0.2, 0) is 4.74 Å². The van der Waals surface area contributed by atoms with Crippen LogP contribution in [0.3, 0.4) is 0 Å². The highest BCUT2D eigenvalue weighted by molar-refractivity contribution is 7.14. The van der Waals surface area contributed by atoms with Crippen LogP contribution in [-0.4, -0.2) is 32.2 Å². The summed E-state index contributed by atoms with van der Waals surface area (Å²) in [6, 6.07) is 3.61. The van der Waals surface area contributed by atoms with Crippen molar-refractivity contribution in [2.24, 2.45) is 5.73 Å². The van der Waals surface area contributed by atoms with Crippen LogP contribution < -0.4 is 11.1 Å². The Morgan fingerprint density at radius 3 is 3.05 bits per heavy atom. The first-order chi connectivity index (χ1) is 9.27. The highest BCUT2D eigenvalue weighted by Gasteiger charge is 2.07. The minimum Gasteiger partial charge on any atom is -0.380 e. The van der Waals surface area contributed by atoms with Gasteiger partial charge >= 0.3 is 0 Å². The van der Waals surface area contributed by atoms with E-state index in [0.29, 0.717) is 24.6 Å². The summed E-state index contributed by atoms with van der Waals surface area (Å²) >= 11 is 1.37. The molecule has 0 aliphatic heterocycles. The predicted octanol–water partition coefficient (Wildman–Crippen LogP) is 1.60. The van der Waals surface area contributed by atoms with Crippen molar-refractivity contribution in [3.05, 3.63) is 21.9 Å². The first kappa shape index (κ1) is 15.7. The number of hydrogen-bond acceptors (Lipinski definition) is 4. The zero-order valence-corrected chi connectivity index (χ0v) is 12.0. The number of nitrogens with two attached hydrogens (primary N) is 1. The first-order valence-electron chi connectivity index (χ1n) is 6.42. The van der Waals surface area contributed by atoms with E-state index < -0.39 is 0 Å². The Kier molecular flexibility index (Phi) is 7.91. The number of carbonyl (C=O) groups is 1. The van der Waals surface area contributed by atoms with Crippen LogP contribution in [0.2, 0.25) is 0 Å². The molecule has 0 saturated carbocycles. The van der Waals surface area contributed by atoms with E-state index in [9.17, 15) is 4.79 Å². The summed E-state index contributed by atoms with van der Waals surface area (Å²) in [6.45, 7) is 4.28. The monoisotopic (exact) mass is 280 g/mol. The lowest BCUT2D eigenvalue weighted by Crippen LogP contribution is -2.26. The summed E-state index contributed by atoms with van der Waals surface area (Å²) in [6.07, 6.45) is 2.18. The molecule has 1 aromatic heterocycles. The van der Waals surface area contributed by atoms with E-state index >= 15 is 0 Å². The van der Waals surface area contributed by atoms with E-state index in [1.54, 1.807) is 6.07 Å². The van der Waals surface area contributed by atoms with Crippen LogP contribution in [0.4, 0.5) is 0 Å². The molecule has 0 fully saturated rings. The normalized spacial score (nSPS) is 9.79. The molecule has 0 spiro atoms. The van der Waals surface area contributed by atoms with Gasteiger partial charge in [0.25, 0.3) is 5.91 Å². The molecule has 1 rings (SSSR count). The van der Waals surface area contributed by atoms with Gasteiger partial charge < -0.3 is 15.8 Å². The number of ether oxygens (including phenoxy) is 1. The van der Waals surface area contributed by atoms with Gasteiger partial charge in [0.15, 0.2) is 0 Å². The molecule has 19 heavy (non-hydrogen) atoms. The number of amides is 1. The topological polar surface area (TPSA) is 64.3 Å². The van der Waals surface area contributed by atoms with E-state index in [2.05, 4.69) is 24.1 Å². The van der Waals surface area contributed by atoms with Gasteiger partial charge in [0, 0.05) is 13.2 Å². The Balaban J connectivity index is 2.27. The van der Waals surface area contributed by atoms with Crippen LogP contribution in [0.5, 0.6) is 0 Å². The van der Waals surface area contributed by atoms with E-state index in [1.165, 1.54) is 11.3 Å². The highest BCUT2D eigenvalue weighted by Crippen LogP contribution is 2.14. The van der Waals surface area contributed by atoms with Crippen molar-refractivity contribution in [1.29, 1.82) is 0 Å². The zero-order valence-electron chi connectivity index (χ0n) is 11.2. The fourth-order valence-electron chi connectivity index (χ4n) is 1.34. The maximum absolute atomic E-state index is 11.8. The number of hydrogen-bond donors (Lipinski definition) is 2. The van der Waals surface area contributed by atoms with Crippen molar-refractivity contribution >= 4 is 17.2 Å². The summed E-state index contributed by atoms with van der Waals surface area (Å²) in [5, 5.41) is 2.82. The van der Waals surface area contributed by atoms with Crippen molar-refractivity contribution in [2.45, 2.75) is 19.8 Å². The van der Waals surface area contributed by atoms with Gasteiger partial charge in [-0.05, 0) is 18.6 Å². The number of rotatable bonds is 7. The molecule has 0 bridgehead atoms. The molecule has 0 saturated heterocycles. The molecular formula is C14H20N2O2S. The van der Waals surface area contributed by atoms with Crippen LogP contribution in [0.1, 0.15) is 34.3 Å². The minimum atomic E-state index is -0.0788. The van der Waals surface area contributed by atoms with Gasteiger partial charge in [-0.15, -0.1) is 11.3 Å². The zero-order chi connectivity index (χ0) is 13.9. The molecule has 5 heteroatoms. The van der Waals surface area contributed by atoms with E-state index in [-0.39, 0.29) is 5.91 Å². The van der Waals surface area contributed by atoms with Crippen molar-refractivity contribution in [3.63, 3.8) is 0 Å². The number of unbranched alkanes of at least 4 members (excludes halogenated alkanes) is 1. The molecule has 4 nitrogen and oxygen atoms in total. The van der Waals surface area contributed by atoms with Gasteiger partial charge in [0.1, 0.15) is 0 Å². The average Bonchev–Trinajstić information content (AvgIpc) is 2.89. The largest absolute Gasteiger partial charge is 0.380 e. The third-order valence-corrected chi connectivity index (χ3v) is 3.32. The second kappa shape index (κ2) is 9.56. The maximum atomic E-state index is 11.8. The first-order valence-corrected chi connectivity index (χ1v) is 7.24. The molecule has 0 aliphatic rings. The molecule has 3 N–H and O–H groups in total. The quantitative estimate of drug-likeness (QED) is 0.589. The minimum absolute atomic E-state index is 0.0788. The molecule has 0 radical (unpaired) electrons. The van der Waals surface area contributed by atoms with Gasteiger partial charge in [-0.25, -0.2) is 0 Å². The lowest BCUT2D eigenvalue weighted by Gasteiger charge is -2.04. The second-order valence-electron chi connectivity index (χ2n) is 3.89. The van der Waals surface area contributed by atoms with Crippen LogP contribution in [0.25, 0.3) is 0 Å².